The summed E-state index contributed by atoms with van der Waals surface area (Å²) < 4.78 is 7.80. The summed E-state index contributed by atoms with van der Waals surface area (Å²) in [6.45, 7) is 41.3. The van der Waals surface area contributed by atoms with E-state index in [-0.39, 0.29) is 44.6 Å². The van der Waals surface area contributed by atoms with Gasteiger partial charge in [-0.15, -0.1) is 0 Å². The first-order chi connectivity index (χ1) is 35.6. The molecule has 1 saturated carbocycles. The Morgan fingerprint density at radius 3 is 1.86 bits per heavy atom. The van der Waals surface area contributed by atoms with Gasteiger partial charge in [0.05, 0.1) is 17.0 Å². The van der Waals surface area contributed by atoms with Gasteiger partial charge in [-0.2, -0.15) is 0 Å². The van der Waals surface area contributed by atoms with Crippen molar-refractivity contribution in [2.75, 3.05) is 9.80 Å². The highest BCUT2D eigenvalue weighted by Gasteiger charge is 2.51. The van der Waals surface area contributed by atoms with Crippen molar-refractivity contribution in [2.24, 2.45) is 5.92 Å². The molecule has 0 amide bonds. The van der Waals surface area contributed by atoms with Crippen LogP contribution < -0.4 is 26.4 Å². The van der Waals surface area contributed by atoms with E-state index in [2.05, 4.69) is 225 Å². The quantitative estimate of drug-likeness (QED) is 0.164. The van der Waals surface area contributed by atoms with Gasteiger partial charge in [0.1, 0.15) is 5.58 Å². The maximum Gasteiger partial charge on any atom is 0.297 e. The zero-order chi connectivity index (χ0) is 53.8. The molecule has 6 aromatic carbocycles. The molecule has 3 nitrogen and oxygen atoms in total. The van der Waals surface area contributed by atoms with E-state index in [1.165, 1.54) is 151 Å². The smallest absolute Gasteiger partial charge is 0.297 e. The van der Waals surface area contributed by atoms with Crippen LogP contribution in [0.15, 0.2) is 101 Å². The number of anilines is 6. The van der Waals surface area contributed by atoms with Crippen molar-refractivity contribution < 1.29 is 4.42 Å². The van der Waals surface area contributed by atoms with E-state index >= 15 is 0 Å². The highest BCUT2D eigenvalue weighted by molar-refractivity contribution is 7.00. The van der Waals surface area contributed by atoms with Crippen molar-refractivity contribution in [1.29, 1.82) is 0 Å². The molecule has 1 fully saturated rings. The lowest BCUT2D eigenvalue weighted by atomic mass is 9.35. The first kappa shape index (κ1) is 50.1. The van der Waals surface area contributed by atoms with Gasteiger partial charge >= 0.3 is 0 Å². The summed E-state index contributed by atoms with van der Waals surface area (Å²) in [5.41, 5.74) is 28.2. The Morgan fingerprint density at radius 2 is 1.17 bits per heavy atom. The summed E-state index contributed by atoms with van der Waals surface area (Å²) in [7, 11) is 0. The Bertz CT molecular complexity index is 3580. The van der Waals surface area contributed by atoms with Gasteiger partial charge in [-0.05, 0) is 217 Å². The number of furan rings is 1. The van der Waals surface area contributed by atoms with Gasteiger partial charge in [0.15, 0.2) is 0 Å². The molecule has 3 heterocycles. The van der Waals surface area contributed by atoms with Gasteiger partial charge in [-0.3, -0.25) is 0 Å². The maximum absolute atomic E-state index is 7.80. The van der Waals surface area contributed by atoms with Crippen molar-refractivity contribution >= 4 is 68.4 Å². The van der Waals surface area contributed by atoms with E-state index in [1.807, 2.05) is 0 Å². The number of nitrogens with zero attached hydrogens (tertiary/aromatic N) is 2. The van der Waals surface area contributed by atoms with E-state index in [0.717, 1.165) is 23.6 Å². The number of benzene rings is 6. The zero-order valence-corrected chi connectivity index (χ0v) is 49.4. The molecule has 4 heteroatoms. The summed E-state index contributed by atoms with van der Waals surface area (Å²) in [6, 6.07) is 40.0. The molecule has 76 heavy (non-hydrogen) atoms. The highest BCUT2D eigenvalue weighted by Crippen LogP contribution is 2.58. The van der Waals surface area contributed by atoms with Crippen LogP contribution in [-0.4, -0.2) is 6.71 Å². The lowest BCUT2D eigenvalue weighted by molar-refractivity contribution is 0.191. The molecule has 13 rings (SSSR count). The summed E-state index contributed by atoms with van der Waals surface area (Å²) in [5, 5.41) is 1.26. The number of hydrogen-bond donors (Lipinski definition) is 0. The highest BCUT2D eigenvalue weighted by atomic mass is 16.3. The van der Waals surface area contributed by atoms with Crippen molar-refractivity contribution in [1.82, 2.24) is 0 Å². The van der Waals surface area contributed by atoms with Gasteiger partial charge in [0, 0.05) is 33.7 Å². The van der Waals surface area contributed by atoms with Crippen LogP contribution in [0.5, 0.6) is 0 Å². The van der Waals surface area contributed by atoms with Crippen LogP contribution in [0, 0.1) is 12.8 Å². The molecular formula is C72H85BN2O. The number of hydrogen-bond acceptors (Lipinski definition) is 3. The topological polar surface area (TPSA) is 19.6 Å². The van der Waals surface area contributed by atoms with E-state index in [4.69, 9.17) is 4.42 Å². The number of rotatable bonds is 3. The fourth-order valence-corrected chi connectivity index (χ4v) is 16.1. The fourth-order valence-electron chi connectivity index (χ4n) is 16.1. The van der Waals surface area contributed by atoms with E-state index in [9.17, 15) is 0 Å². The molecular weight excluding hydrogens is 920 g/mol. The van der Waals surface area contributed by atoms with Crippen LogP contribution in [0.2, 0.25) is 0 Å². The molecule has 2 bridgehead atoms. The molecule has 0 N–H and O–H groups in total. The van der Waals surface area contributed by atoms with Gasteiger partial charge in [-0.1, -0.05) is 166 Å². The molecule has 4 aliphatic carbocycles. The van der Waals surface area contributed by atoms with Crippen LogP contribution in [0.25, 0.3) is 22.1 Å². The number of fused-ring (bicyclic) bond motifs is 12. The Morgan fingerprint density at radius 1 is 0.566 bits per heavy atom. The van der Waals surface area contributed by atoms with Crippen molar-refractivity contribution in [2.45, 2.75) is 213 Å². The van der Waals surface area contributed by atoms with Crippen molar-refractivity contribution in [3.63, 3.8) is 0 Å². The van der Waals surface area contributed by atoms with Crippen LogP contribution in [0.1, 0.15) is 218 Å². The molecule has 0 spiro atoms. The summed E-state index contributed by atoms with van der Waals surface area (Å²) >= 11 is 0. The minimum Gasteiger partial charge on any atom is -0.468 e. The minimum absolute atomic E-state index is 0.0385. The second-order valence-electron chi connectivity index (χ2n) is 30.3. The molecule has 3 atom stereocenters. The van der Waals surface area contributed by atoms with Gasteiger partial charge in [-0.25, -0.2) is 0 Å². The van der Waals surface area contributed by atoms with Crippen molar-refractivity contribution in [3.05, 3.63) is 147 Å². The van der Waals surface area contributed by atoms with Crippen LogP contribution in [0.3, 0.4) is 0 Å². The van der Waals surface area contributed by atoms with Gasteiger partial charge in [0.25, 0.3) is 6.71 Å². The average Bonchev–Trinajstić information content (AvgIpc) is 3.77. The molecule has 6 aliphatic rings. The normalized spacial score (nSPS) is 23.3. The summed E-state index contributed by atoms with van der Waals surface area (Å²) in [4.78, 5) is 5.40. The molecule has 3 unspecified atom stereocenters. The Hall–Kier alpha value is -5.48. The second-order valence-corrected chi connectivity index (χ2v) is 30.3. The molecule has 0 saturated heterocycles. The zero-order valence-electron chi connectivity index (χ0n) is 49.4. The molecule has 7 aromatic rings. The van der Waals surface area contributed by atoms with Crippen LogP contribution in [-0.2, 0) is 37.9 Å². The van der Waals surface area contributed by atoms with Crippen LogP contribution in [0.4, 0.5) is 34.1 Å². The van der Waals surface area contributed by atoms with Gasteiger partial charge in [0.2, 0.25) is 0 Å². The van der Waals surface area contributed by atoms with E-state index in [1.54, 1.807) is 5.56 Å². The Balaban J connectivity index is 1.15. The summed E-state index contributed by atoms with van der Waals surface area (Å²) in [5.74, 6) is 1.23. The van der Waals surface area contributed by atoms with E-state index in [0.29, 0.717) is 5.92 Å². The Kier molecular flexibility index (Phi) is 10.6. The fraction of sp³-hybridized carbons (Fsp3) is 0.472. The predicted molar refractivity (Wildman–Crippen MR) is 326 cm³/mol. The molecule has 0 radical (unpaired) electrons. The van der Waals surface area contributed by atoms with E-state index < -0.39 is 0 Å². The average molecular weight is 1010 g/mol. The number of aryl methyl sites for hydroxylation is 1. The standard InChI is InChI=1S/C72H85BN2O/c1-42-35-58-63-59(36-42)75(57-29-27-52-62(71(15,16)34-33-69(52,11)12)61(57)44-20-22-46(23-21-44)66(3,4)5)56-28-24-47(67(6,7)8)37-55(56)73(63)65-64(74(58)48-25-26-51-54(38-48)70(13,14)32-31-68(51,9)10)50-39-53-49(40-60(50)76-65)43(2)45-19-18-30-72(53,17)41-45/h20-29,35-40,43,45H,18-19,30-34,41H2,1-17H3. The Labute approximate surface area is 457 Å². The monoisotopic (exact) mass is 1000 g/mol. The molecule has 1 aromatic heterocycles. The first-order valence-corrected chi connectivity index (χ1v) is 29.5. The van der Waals surface area contributed by atoms with Gasteiger partial charge < -0.3 is 14.2 Å². The molecule has 392 valence electrons. The lowest BCUT2D eigenvalue weighted by Gasteiger charge is -2.47. The lowest BCUT2D eigenvalue weighted by Crippen LogP contribution is -2.61. The first-order valence-electron chi connectivity index (χ1n) is 29.5. The minimum atomic E-state index is -0.127. The third kappa shape index (κ3) is 7.25. The third-order valence-corrected chi connectivity index (χ3v) is 21.0. The van der Waals surface area contributed by atoms with Crippen LogP contribution >= 0.6 is 0 Å². The predicted octanol–water partition coefficient (Wildman–Crippen LogP) is 18.3. The molecule has 2 aliphatic heterocycles. The third-order valence-electron chi connectivity index (χ3n) is 21.0. The largest absolute Gasteiger partial charge is 0.468 e. The second kappa shape index (κ2) is 16.1. The summed E-state index contributed by atoms with van der Waals surface area (Å²) in [6.07, 6.45) is 9.82. The SMILES string of the molecule is Cc1cc2c3c(c1)N(c1ccc4c(c1)C(C)(C)CCC4(C)C)c1c(oc4cc5c(cc14)C1(C)CCCC(C1)C5C)B3c1cc(C(C)(C)C)ccc1N2c1ccc2c(c1-c1ccc(C(C)(C)C)cc1)C(C)(C)CCC2(C)C. The van der Waals surface area contributed by atoms with Crippen molar-refractivity contribution in [3.8, 4) is 11.1 Å². The maximum atomic E-state index is 7.80.